The minimum atomic E-state index is -0.308. The number of hydrogen-bond acceptors (Lipinski definition) is 5. The average Bonchev–Trinajstić information content (AvgIpc) is 3.38. The number of nitrogens with zero attached hydrogens (tertiary/aromatic N) is 3. The molecule has 2 fully saturated rings. The Morgan fingerprint density at radius 2 is 1.78 bits per heavy atom. The van der Waals surface area contributed by atoms with Gasteiger partial charge in [0.25, 0.3) is 11.8 Å². The Labute approximate surface area is 157 Å². The molecule has 2 aliphatic heterocycles. The van der Waals surface area contributed by atoms with Gasteiger partial charge in [0.1, 0.15) is 11.7 Å². The molecule has 4 rings (SSSR count). The van der Waals surface area contributed by atoms with Gasteiger partial charge in [-0.3, -0.25) is 9.59 Å². The predicted octanol–water partition coefficient (Wildman–Crippen LogP) is 2.11. The Kier molecular flexibility index (Phi) is 4.94. The van der Waals surface area contributed by atoms with Crippen molar-refractivity contribution in [2.24, 2.45) is 0 Å². The molecule has 2 saturated heterocycles. The number of carbonyl (C=O) groups is 2. The molecule has 1 aromatic heterocycles. The van der Waals surface area contributed by atoms with Crippen LogP contribution in [0.25, 0.3) is 11.3 Å². The highest BCUT2D eigenvalue weighted by atomic mass is 16.5. The minimum Gasteiger partial charge on any atom is -0.368 e. The zero-order valence-electron chi connectivity index (χ0n) is 15.4. The summed E-state index contributed by atoms with van der Waals surface area (Å²) in [5.41, 5.74) is 1.91. The van der Waals surface area contributed by atoms with E-state index in [1.807, 2.05) is 30.3 Å². The van der Waals surface area contributed by atoms with Crippen molar-refractivity contribution in [3.05, 3.63) is 41.6 Å². The number of carbonyl (C=O) groups excluding carboxylic acids is 2. The predicted molar refractivity (Wildman–Crippen MR) is 98.1 cm³/mol. The van der Waals surface area contributed by atoms with Crippen molar-refractivity contribution in [2.75, 3.05) is 32.8 Å². The molecule has 27 heavy (non-hydrogen) atoms. The maximum Gasteiger partial charge on any atom is 0.259 e. The Morgan fingerprint density at radius 3 is 2.44 bits per heavy atom. The largest absolute Gasteiger partial charge is 0.368 e. The molecule has 2 aliphatic rings. The first kappa shape index (κ1) is 17.7. The molecule has 142 valence electrons. The van der Waals surface area contributed by atoms with Crippen LogP contribution in [-0.4, -0.2) is 65.7 Å². The highest BCUT2D eigenvalue weighted by molar-refractivity contribution is 6.00. The lowest BCUT2D eigenvalue weighted by atomic mass is 10.1. The Balaban J connectivity index is 1.46. The van der Waals surface area contributed by atoms with E-state index in [9.17, 15) is 9.59 Å². The molecule has 3 heterocycles. The third kappa shape index (κ3) is 3.47. The van der Waals surface area contributed by atoms with Gasteiger partial charge in [0.2, 0.25) is 0 Å². The van der Waals surface area contributed by atoms with Crippen molar-refractivity contribution in [1.82, 2.24) is 15.0 Å². The first-order chi connectivity index (χ1) is 13.1. The Bertz CT molecular complexity index is 819. The fourth-order valence-electron chi connectivity index (χ4n) is 3.67. The molecule has 0 aliphatic carbocycles. The van der Waals surface area contributed by atoms with Gasteiger partial charge in [-0.2, -0.15) is 0 Å². The molecule has 7 nitrogen and oxygen atoms in total. The molecule has 1 atom stereocenters. The molecule has 0 radical (unpaired) electrons. The maximum absolute atomic E-state index is 13.1. The number of ether oxygens (including phenoxy) is 1. The van der Waals surface area contributed by atoms with Gasteiger partial charge in [0.05, 0.1) is 5.69 Å². The fourth-order valence-corrected chi connectivity index (χ4v) is 3.67. The zero-order chi connectivity index (χ0) is 18.8. The summed E-state index contributed by atoms with van der Waals surface area (Å²) in [6.07, 6.45) is 1.42. The number of hydrogen-bond donors (Lipinski definition) is 0. The van der Waals surface area contributed by atoms with Gasteiger partial charge in [0.15, 0.2) is 5.76 Å². The minimum absolute atomic E-state index is 0.0470. The van der Waals surface area contributed by atoms with E-state index in [1.165, 1.54) is 0 Å². The van der Waals surface area contributed by atoms with Gasteiger partial charge < -0.3 is 19.1 Å². The van der Waals surface area contributed by atoms with Crippen LogP contribution in [0.1, 0.15) is 28.9 Å². The number of rotatable bonds is 3. The number of benzene rings is 1. The van der Waals surface area contributed by atoms with Crippen molar-refractivity contribution >= 4 is 11.8 Å². The van der Waals surface area contributed by atoms with E-state index in [0.717, 1.165) is 18.4 Å². The second-order valence-corrected chi connectivity index (χ2v) is 6.96. The third-order valence-corrected chi connectivity index (χ3v) is 5.20. The molecule has 0 bridgehead atoms. The Morgan fingerprint density at radius 1 is 1.07 bits per heavy atom. The molecule has 0 saturated carbocycles. The Hall–Kier alpha value is -2.67. The van der Waals surface area contributed by atoms with Gasteiger partial charge >= 0.3 is 0 Å². The monoisotopic (exact) mass is 369 g/mol. The van der Waals surface area contributed by atoms with Crippen LogP contribution in [0.15, 0.2) is 34.9 Å². The van der Waals surface area contributed by atoms with Crippen LogP contribution in [0, 0.1) is 6.92 Å². The van der Waals surface area contributed by atoms with Crippen LogP contribution in [-0.2, 0) is 9.53 Å². The molecular weight excluding hydrogens is 346 g/mol. The molecule has 1 aromatic carbocycles. The third-order valence-electron chi connectivity index (χ3n) is 5.20. The molecule has 1 unspecified atom stereocenters. The standard InChI is InChI=1S/C20H23N3O4/c1-14-17(18(27-21-14)15-6-3-2-4-7-15)20(25)23-11-9-22(10-12-23)19(24)16-8-5-13-26-16/h2-4,6-7,16H,5,8-13H2,1H3. The van der Waals surface area contributed by atoms with Crippen molar-refractivity contribution in [2.45, 2.75) is 25.9 Å². The smallest absolute Gasteiger partial charge is 0.259 e. The van der Waals surface area contributed by atoms with Gasteiger partial charge in [-0.05, 0) is 19.8 Å². The van der Waals surface area contributed by atoms with E-state index in [2.05, 4.69) is 5.16 Å². The van der Waals surface area contributed by atoms with Crippen LogP contribution in [0.5, 0.6) is 0 Å². The summed E-state index contributed by atoms with van der Waals surface area (Å²) in [6, 6.07) is 9.51. The average molecular weight is 369 g/mol. The molecular formula is C20H23N3O4. The topological polar surface area (TPSA) is 75.9 Å². The molecule has 0 spiro atoms. The first-order valence-electron chi connectivity index (χ1n) is 9.36. The van der Waals surface area contributed by atoms with E-state index in [1.54, 1.807) is 16.7 Å². The van der Waals surface area contributed by atoms with Crippen LogP contribution in [0.2, 0.25) is 0 Å². The lowest BCUT2D eigenvalue weighted by molar-refractivity contribution is -0.142. The quantitative estimate of drug-likeness (QED) is 0.828. The van der Waals surface area contributed by atoms with E-state index >= 15 is 0 Å². The van der Waals surface area contributed by atoms with Gasteiger partial charge in [-0.25, -0.2) is 0 Å². The van der Waals surface area contributed by atoms with Crippen LogP contribution >= 0.6 is 0 Å². The second-order valence-electron chi connectivity index (χ2n) is 6.96. The van der Waals surface area contributed by atoms with Crippen molar-refractivity contribution in [1.29, 1.82) is 0 Å². The van der Waals surface area contributed by atoms with E-state index in [0.29, 0.717) is 49.8 Å². The van der Waals surface area contributed by atoms with E-state index < -0.39 is 0 Å². The lowest BCUT2D eigenvalue weighted by Gasteiger charge is -2.35. The summed E-state index contributed by atoms with van der Waals surface area (Å²) in [7, 11) is 0. The lowest BCUT2D eigenvalue weighted by Crippen LogP contribution is -2.52. The van der Waals surface area contributed by atoms with E-state index in [-0.39, 0.29) is 17.9 Å². The van der Waals surface area contributed by atoms with E-state index in [4.69, 9.17) is 9.26 Å². The van der Waals surface area contributed by atoms with Crippen molar-refractivity contribution in [3.63, 3.8) is 0 Å². The number of amides is 2. The van der Waals surface area contributed by atoms with Crippen LogP contribution in [0.4, 0.5) is 0 Å². The number of aromatic nitrogens is 1. The highest BCUT2D eigenvalue weighted by Gasteiger charge is 2.33. The summed E-state index contributed by atoms with van der Waals surface area (Å²) in [4.78, 5) is 29.2. The molecule has 2 aromatic rings. The summed E-state index contributed by atoms with van der Waals surface area (Å²) < 4.78 is 10.9. The first-order valence-corrected chi connectivity index (χ1v) is 9.36. The fraction of sp³-hybridized carbons (Fsp3) is 0.450. The highest BCUT2D eigenvalue weighted by Crippen LogP contribution is 2.27. The number of piperazine rings is 1. The number of aryl methyl sites for hydroxylation is 1. The van der Waals surface area contributed by atoms with Gasteiger partial charge in [-0.1, -0.05) is 35.5 Å². The van der Waals surface area contributed by atoms with Gasteiger partial charge in [0, 0.05) is 38.3 Å². The summed E-state index contributed by atoms with van der Waals surface area (Å²) in [5.74, 6) is 0.443. The zero-order valence-corrected chi connectivity index (χ0v) is 15.4. The summed E-state index contributed by atoms with van der Waals surface area (Å²) in [5, 5.41) is 4.00. The molecule has 7 heteroatoms. The van der Waals surface area contributed by atoms with Crippen molar-refractivity contribution in [3.8, 4) is 11.3 Å². The van der Waals surface area contributed by atoms with Crippen LogP contribution < -0.4 is 0 Å². The summed E-state index contributed by atoms with van der Waals surface area (Å²) >= 11 is 0. The maximum atomic E-state index is 13.1. The van der Waals surface area contributed by atoms with Crippen molar-refractivity contribution < 1.29 is 18.8 Å². The second kappa shape index (κ2) is 7.52. The van der Waals surface area contributed by atoms with Crippen LogP contribution in [0.3, 0.4) is 0 Å². The SMILES string of the molecule is Cc1noc(-c2ccccc2)c1C(=O)N1CCN(C(=O)C2CCCO2)CC1. The van der Waals surface area contributed by atoms with Gasteiger partial charge in [-0.15, -0.1) is 0 Å². The normalized spacial score (nSPS) is 20.1. The summed E-state index contributed by atoms with van der Waals surface area (Å²) in [6.45, 7) is 4.47. The molecule has 2 amide bonds. The molecule has 0 N–H and O–H groups in total.